The first-order chi connectivity index (χ1) is 19.6. The Morgan fingerprint density at radius 1 is 0.525 bits per heavy atom. The Morgan fingerprint density at radius 3 is 1.38 bits per heavy atom. The van der Waals surface area contributed by atoms with Crippen LogP contribution < -0.4 is 0 Å². The highest BCUT2D eigenvalue weighted by Crippen LogP contribution is 2.19. The van der Waals surface area contributed by atoms with Crippen LogP contribution >= 0.6 is 0 Å². The summed E-state index contributed by atoms with van der Waals surface area (Å²) in [6.45, 7) is 4.52. The molecule has 0 saturated heterocycles. The third-order valence-electron chi connectivity index (χ3n) is 7.99. The van der Waals surface area contributed by atoms with Crippen molar-refractivity contribution >= 4 is 11.9 Å². The van der Waals surface area contributed by atoms with Crippen LogP contribution in [-0.4, -0.2) is 23.1 Å². The first-order valence-electron chi connectivity index (χ1n) is 17.7. The lowest BCUT2D eigenvalue weighted by molar-refractivity contribution is -0.150. The molecule has 0 saturated carbocycles. The van der Waals surface area contributed by atoms with E-state index in [9.17, 15) is 9.59 Å². The highest BCUT2D eigenvalue weighted by Gasteiger charge is 2.14. The largest absolute Gasteiger partial charge is 0.481 e. The maximum atomic E-state index is 12.6. The van der Waals surface area contributed by atoms with Gasteiger partial charge in [0.1, 0.15) is 6.10 Å². The normalized spacial score (nSPS) is 12.2. The Kier molecular flexibility index (Phi) is 31.1. The smallest absolute Gasteiger partial charge is 0.306 e. The van der Waals surface area contributed by atoms with Gasteiger partial charge >= 0.3 is 11.9 Å². The number of rotatable bonds is 32. The highest BCUT2D eigenvalue weighted by molar-refractivity contribution is 5.69. The van der Waals surface area contributed by atoms with E-state index < -0.39 is 5.97 Å². The number of unbranched alkanes of at least 4 members (excludes halogenated alkanes) is 21. The molecule has 0 fully saturated rings. The minimum Gasteiger partial charge on any atom is -0.481 e. The van der Waals surface area contributed by atoms with E-state index in [2.05, 4.69) is 26.0 Å². The van der Waals surface area contributed by atoms with Crippen LogP contribution in [0.2, 0.25) is 0 Å². The van der Waals surface area contributed by atoms with Crippen molar-refractivity contribution in [2.75, 3.05) is 0 Å². The second kappa shape index (κ2) is 32.2. The first-order valence-corrected chi connectivity index (χ1v) is 17.7. The number of esters is 1. The third-order valence-corrected chi connectivity index (χ3v) is 7.99. The van der Waals surface area contributed by atoms with Gasteiger partial charge in [0, 0.05) is 12.8 Å². The van der Waals surface area contributed by atoms with Gasteiger partial charge in [-0.2, -0.15) is 0 Å². The summed E-state index contributed by atoms with van der Waals surface area (Å²) in [6, 6.07) is 0. The van der Waals surface area contributed by atoms with E-state index in [1.807, 2.05) is 0 Å². The summed E-state index contributed by atoms with van der Waals surface area (Å²) in [4.78, 5) is 23.2. The van der Waals surface area contributed by atoms with Crippen LogP contribution in [-0.2, 0) is 14.3 Å². The van der Waals surface area contributed by atoms with Crippen molar-refractivity contribution in [3.63, 3.8) is 0 Å². The number of hydrogen-bond donors (Lipinski definition) is 1. The summed E-state index contributed by atoms with van der Waals surface area (Å²) in [5.41, 5.74) is 0. The van der Waals surface area contributed by atoms with Gasteiger partial charge in [-0.05, 0) is 64.2 Å². The summed E-state index contributed by atoms with van der Waals surface area (Å²) in [5.74, 6) is -0.707. The number of allylic oxidation sites excluding steroid dienone is 2. The predicted octanol–water partition coefficient (Wildman–Crippen LogP) is 11.9. The lowest BCUT2D eigenvalue weighted by Gasteiger charge is -2.18. The molecule has 0 heterocycles. The van der Waals surface area contributed by atoms with E-state index >= 15 is 0 Å². The molecule has 0 aromatic rings. The molecule has 1 N–H and O–H groups in total. The molecule has 4 nitrogen and oxygen atoms in total. The van der Waals surface area contributed by atoms with E-state index in [4.69, 9.17) is 9.84 Å². The second-order valence-corrected chi connectivity index (χ2v) is 12.1. The Morgan fingerprint density at radius 2 is 0.900 bits per heavy atom. The fourth-order valence-electron chi connectivity index (χ4n) is 5.35. The standard InChI is InChI=1S/C36H68O4/c1-3-5-7-9-11-13-14-15-16-18-20-25-29-33-36(39)40-34(31-27-23-21-24-28-32-35(37)38)30-26-22-19-17-12-10-8-6-4-2/h13-14,34H,3-12,15-33H2,1-2H3,(H,37,38)/b14-13-. The van der Waals surface area contributed by atoms with Gasteiger partial charge < -0.3 is 9.84 Å². The number of carbonyl (C=O) groups is 2. The van der Waals surface area contributed by atoms with Crippen LogP contribution in [0.5, 0.6) is 0 Å². The van der Waals surface area contributed by atoms with Crippen molar-refractivity contribution < 1.29 is 19.4 Å². The number of hydrogen-bond acceptors (Lipinski definition) is 3. The molecular formula is C36H68O4. The summed E-state index contributed by atoms with van der Waals surface area (Å²) < 4.78 is 5.96. The van der Waals surface area contributed by atoms with Crippen LogP contribution in [0.1, 0.15) is 200 Å². The average Bonchev–Trinajstić information content (AvgIpc) is 2.93. The molecular weight excluding hydrogens is 496 g/mol. The van der Waals surface area contributed by atoms with Gasteiger partial charge in [-0.15, -0.1) is 0 Å². The second-order valence-electron chi connectivity index (χ2n) is 12.1. The topological polar surface area (TPSA) is 63.6 Å². The van der Waals surface area contributed by atoms with Crippen molar-refractivity contribution in [1.29, 1.82) is 0 Å². The molecule has 40 heavy (non-hydrogen) atoms. The molecule has 0 rings (SSSR count). The van der Waals surface area contributed by atoms with Gasteiger partial charge in [-0.1, -0.05) is 135 Å². The van der Waals surface area contributed by atoms with Crippen molar-refractivity contribution in [3.05, 3.63) is 12.2 Å². The minimum absolute atomic E-state index is 0.00612. The maximum Gasteiger partial charge on any atom is 0.306 e. The van der Waals surface area contributed by atoms with Gasteiger partial charge in [0.25, 0.3) is 0 Å². The predicted molar refractivity (Wildman–Crippen MR) is 172 cm³/mol. The van der Waals surface area contributed by atoms with Crippen LogP contribution in [0.15, 0.2) is 12.2 Å². The Hall–Kier alpha value is -1.32. The van der Waals surface area contributed by atoms with E-state index in [0.29, 0.717) is 6.42 Å². The Bertz CT molecular complexity index is 571. The third kappa shape index (κ3) is 31.2. The number of carbonyl (C=O) groups excluding carboxylic acids is 1. The van der Waals surface area contributed by atoms with E-state index in [0.717, 1.165) is 64.2 Å². The summed E-state index contributed by atoms with van der Waals surface area (Å²) in [5, 5.41) is 8.78. The SMILES string of the molecule is CCCCCC/C=C\CCCCCCCC(=O)OC(CCCCCCCCCCC)CCCCCCCC(=O)O. The zero-order chi connectivity index (χ0) is 29.4. The molecule has 1 atom stereocenters. The molecule has 0 aromatic carbocycles. The number of ether oxygens (including phenoxy) is 1. The van der Waals surface area contributed by atoms with Gasteiger partial charge in [0.2, 0.25) is 0 Å². The van der Waals surface area contributed by atoms with Crippen LogP contribution in [0.3, 0.4) is 0 Å². The van der Waals surface area contributed by atoms with Crippen molar-refractivity contribution in [1.82, 2.24) is 0 Å². The fourth-order valence-corrected chi connectivity index (χ4v) is 5.35. The molecule has 0 aromatic heterocycles. The molecule has 0 amide bonds. The van der Waals surface area contributed by atoms with Crippen molar-refractivity contribution in [3.8, 4) is 0 Å². The molecule has 0 spiro atoms. The van der Waals surface area contributed by atoms with Crippen molar-refractivity contribution in [2.45, 2.75) is 206 Å². The lowest BCUT2D eigenvalue weighted by atomic mass is 10.0. The zero-order valence-corrected chi connectivity index (χ0v) is 26.9. The molecule has 0 aliphatic carbocycles. The molecule has 0 aliphatic heterocycles. The highest BCUT2D eigenvalue weighted by atomic mass is 16.5. The Balaban J connectivity index is 4.03. The van der Waals surface area contributed by atoms with Crippen LogP contribution in [0.4, 0.5) is 0 Å². The molecule has 236 valence electrons. The monoisotopic (exact) mass is 565 g/mol. The minimum atomic E-state index is -0.700. The van der Waals surface area contributed by atoms with Crippen LogP contribution in [0, 0.1) is 0 Å². The molecule has 1 unspecified atom stereocenters. The summed E-state index contributed by atoms with van der Waals surface area (Å²) in [7, 11) is 0. The van der Waals surface area contributed by atoms with E-state index in [1.54, 1.807) is 0 Å². The first kappa shape index (κ1) is 38.7. The molecule has 0 radical (unpaired) electrons. The van der Waals surface area contributed by atoms with Gasteiger partial charge in [-0.25, -0.2) is 0 Å². The molecule has 0 aliphatic rings. The van der Waals surface area contributed by atoms with E-state index in [1.165, 1.54) is 109 Å². The molecule has 0 bridgehead atoms. The van der Waals surface area contributed by atoms with E-state index in [-0.39, 0.29) is 18.5 Å². The summed E-state index contributed by atoms with van der Waals surface area (Å²) >= 11 is 0. The number of carboxylic acids is 1. The fraction of sp³-hybridized carbons (Fsp3) is 0.889. The number of aliphatic carboxylic acids is 1. The average molecular weight is 565 g/mol. The van der Waals surface area contributed by atoms with Crippen molar-refractivity contribution in [2.24, 2.45) is 0 Å². The Labute approximate surface area is 249 Å². The maximum absolute atomic E-state index is 12.6. The van der Waals surface area contributed by atoms with Gasteiger partial charge in [0.15, 0.2) is 0 Å². The molecule has 4 heteroatoms. The quantitative estimate of drug-likeness (QED) is 0.0501. The lowest BCUT2D eigenvalue weighted by Crippen LogP contribution is -2.18. The van der Waals surface area contributed by atoms with Gasteiger partial charge in [-0.3, -0.25) is 9.59 Å². The summed E-state index contributed by atoms with van der Waals surface area (Å²) in [6.07, 6.45) is 37.9. The zero-order valence-electron chi connectivity index (χ0n) is 26.9. The number of carboxylic acid groups (broad SMARTS) is 1. The van der Waals surface area contributed by atoms with Gasteiger partial charge in [0.05, 0.1) is 0 Å². The van der Waals surface area contributed by atoms with Crippen LogP contribution in [0.25, 0.3) is 0 Å².